The third-order valence-electron chi connectivity index (χ3n) is 21.7. The van der Waals surface area contributed by atoms with Crippen LogP contribution in [-0.4, -0.2) is 193 Å². The lowest BCUT2D eigenvalue weighted by Gasteiger charge is -2.48. The molecule has 0 aromatic rings. The highest BCUT2D eigenvalue weighted by molar-refractivity contribution is 5.76. The molecule has 3 rings (SSSR count). The van der Waals surface area contributed by atoms with E-state index in [0.29, 0.717) is 12.8 Å². The summed E-state index contributed by atoms with van der Waals surface area (Å²) in [5, 5.41) is 121. The minimum atomic E-state index is -1.98. The number of nitrogens with one attached hydrogen (secondary N) is 1. The molecule has 0 bridgehead atoms. The van der Waals surface area contributed by atoms with Crippen LogP contribution >= 0.6 is 0 Å². The van der Waals surface area contributed by atoms with Gasteiger partial charge in [0.05, 0.1) is 38.6 Å². The molecule has 0 saturated carbocycles. The van der Waals surface area contributed by atoms with Gasteiger partial charge >= 0.3 is 0 Å². The van der Waals surface area contributed by atoms with E-state index in [2.05, 4.69) is 43.5 Å². The predicted molar refractivity (Wildman–Crippen MR) is 416 cm³/mol. The Morgan fingerprint density at radius 3 is 0.962 bits per heavy atom. The summed E-state index contributed by atoms with van der Waals surface area (Å²) < 4.78 is 34.5. The van der Waals surface area contributed by atoms with Crippen molar-refractivity contribution in [2.45, 2.75) is 471 Å². The number of amides is 1. The van der Waals surface area contributed by atoms with Gasteiger partial charge < -0.3 is 89.9 Å². The fourth-order valence-corrected chi connectivity index (χ4v) is 14.7. The van der Waals surface area contributed by atoms with Gasteiger partial charge in [-0.3, -0.25) is 4.79 Å². The van der Waals surface area contributed by atoms with E-state index in [4.69, 9.17) is 28.4 Å². The van der Waals surface area contributed by atoms with Gasteiger partial charge in [0.25, 0.3) is 0 Å². The molecule has 1 amide bonds. The Bertz CT molecular complexity index is 2020. The van der Waals surface area contributed by atoms with Crippen molar-refractivity contribution in [1.29, 1.82) is 0 Å². The second-order valence-corrected chi connectivity index (χ2v) is 31.0. The summed E-state index contributed by atoms with van der Waals surface area (Å²) >= 11 is 0. The number of rotatable bonds is 70. The van der Waals surface area contributed by atoms with Crippen molar-refractivity contribution in [3.63, 3.8) is 0 Å². The van der Waals surface area contributed by atoms with E-state index in [-0.39, 0.29) is 18.9 Å². The molecule has 612 valence electrons. The zero-order valence-electron chi connectivity index (χ0n) is 65.8. The quantitative estimate of drug-likeness (QED) is 0.0199. The highest BCUT2D eigenvalue weighted by atomic mass is 16.8. The first-order chi connectivity index (χ1) is 50.8. The van der Waals surface area contributed by atoms with Crippen molar-refractivity contribution in [2.24, 2.45) is 0 Å². The Balaban J connectivity index is 1.36. The Morgan fingerprint density at radius 2 is 0.615 bits per heavy atom. The molecule has 0 radical (unpaired) electrons. The molecule has 3 aliphatic heterocycles. The van der Waals surface area contributed by atoms with Crippen LogP contribution in [0.4, 0.5) is 0 Å². The van der Waals surface area contributed by atoms with Crippen molar-refractivity contribution in [1.82, 2.24) is 5.32 Å². The van der Waals surface area contributed by atoms with E-state index in [9.17, 15) is 61.0 Å². The van der Waals surface area contributed by atoms with Crippen LogP contribution in [0.15, 0.2) is 36.5 Å². The summed E-state index contributed by atoms with van der Waals surface area (Å²) in [7, 11) is 0. The minimum absolute atomic E-state index is 0.239. The zero-order valence-corrected chi connectivity index (χ0v) is 65.8. The van der Waals surface area contributed by atoms with Crippen LogP contribution in [0.5, 0.6) is 0 Å². The lowest BCUT2D eigenvalue weighted by molar-refractivity contribution is -0.379. The van der Waals surface area contributed by atoms with Gasteiger partial charge in [-0.1, -0.05) is 339 Å². The van der Waals surface area contributed by atoms with Crippen LogP contribution in [0, 0.1) is 0 Å². The lowest BCUT2D eigenvalue weighted by Crippen LogP contribution is -2.66. The third kappa shape index (κ3) is 44.8. The summed E-state index contributed by atoms with van der Waals surface area (Å²) in [6.45, 7) is 1.78. The van der Waals surface area contributed by atoms with Gasteiger partial charge in [-0.25, -0.2) is 0 Å². The Kier molecular flexibility index (Phi) is 60.8. The van der Waals surface area contributed by atoms with E-state index < -0.39 is 124 Å². The normalized spacial score (nSPS) is 26.0. The van der Waals surface area contributed by atoms with Gasteiger partial charge in [0.2, 0.25) is 5.91 Å². The van der Waals surface area contributed by atoms with Crippen molar-refractivity contribution < 1.29 is 89.4 Å². The molecular weight excluding hydrogens is 1320 g/mol. The number of aliphatic hydroxyl groups is 11. The summed E-state index contributed by atoms with van der Waals surface area (Å²) in [6.07, 6.45) is 55.8. The predicted octanol–water partition coefficient (Wildman–Crippen LogP) is 15.5. The molecule has 19 nitrogen and oxygen atoms in total. The topological polar surface area (TPSA) is 307 Å². The van der Waals surface area contributed by atoms with Crippen molar-refractivity contribution in [3.05, 3.63) is 36.5 Å². The maximum Gasteiger partial charge on any atom is 0.220 e. The van der Waals surface area contributed by atoms with Crippen molar-refractivity contribution in [3.8, 4) is 0 Å². The molecule has 3 fully saturated rings. The summed E-state index contributed by atoms with van der Waals surface area (Å²) in [4.78, 5) is 13.5. The maximum atomic E-state index is 13.5. The number of hydrogen-bond acceptors (Lipinski definition) is 18. The monoisotopic (exact) mass is 1480 g/mol. The largest absolute Gasteiger partial charge is 0.394 e. The molecule has 17 unspecified atom stereocenters. The number of carbonyl (C=O) groups is 1. The maximum absolute atomic E-state index is 13.5. The molecule has 17 atom stereocenters. The van der Waals surface area contributed by atoms with E-state index in [0.717, 1.165) is 38.5 Å². The van der Waals surface area contributed by atoms with E-state index >= 15 is 0 Å². The first kappa shape index (κ1) is 96.2. The van der Waals surface area contributed by atoms with E-state index in [1.165, 1.54) is 295 Å². The summed E-state index contributed by atoms with van der Waals surface area (Å²) in [5.41, 5.74) is 0. The number of carbonyl (C=O) groups excluding carboxylic acids is 1. The average molecular weight is 1480 g/mol. The van der Waals surface area contributed by atoms with E-state index in [1.807, 2.05) is 6.08 Å². The SMILES string of the molecule is CCCCCCCCCC/C=C\CCCCCCCCCCCCCCCCCCCC(=O)NC(COC1OC(CO)C(OC2OC(CO)C(OC3OC(CO)C(O)C(O)C3O)C(O)C2O)C(O)C1O)C(O)/C=C/CC/C=C/CCCCCCCCCCCCCCCCCCCCCCCCCC. The molecule has 0 aromatic carbocycles. The lowest BCUT2D eigenvalue weighted by atomic mass is 9.96. The second-order valence-electron chi connectivity index (χ2n) is 31.0. The Morgan fingerprint density at radius 1 is 0.337 bits per heavy atom. The smallest absolute Gasteiger partial charge is 0.220 e. The van der Waals surface area contributed by atoms with Gasteiger partial charge in [0.1, 0.15) is 73.2 Å². The second kappa shape index (κ2) is 65.7. The number of hydrogen-bond donors (Lipinski definition) is 12. The van der Waals surface area contributed by atoms with E-state index in [1.54, 1.807) is 6.08 Å². The molecule has 104 heavy (non-hydrogen) atoms. The first-order valence-electron chi connectivity index (χ1n) is 43.2. The highest BCUT2D eigenvalue weighted by Gasteiger charge is 2.54. The Hall–Kier alpha value is -1.99. The van der Waals surface area contributed by atoms with Gasteiger partial charge in [-0.2, -0.15) is 0 Å². The number of ether oxygens (including phenoxy) is 6. The molecule has 3 saturated heterocycles. The summed E-state index contributed by atoms with van der Waals surface area (Å²) in [6, 6.07) is -0.991. The van der Waals surface area contributed by atoms with Crippen LogP contribution in [0.25, 0.3) is 0 Å². The summed E-state index contributed by atoms with van der Waals surface area (Å²) in [5.74, 6) is -0.278. The van der Waals surface area contributed by atoms with Crippen LogP contribution in [0.1, 0.15) is 367 Å². The highest BCUT2D eigenvalue weighted by Crippen LogP contribution is 2.33. The average Bonchev–Trinajstić information content (AvgIpc) is 0.781. The van der Waals surface area contributed by atoms with Gasteiger partial charge in [-0.15, -0.1) is 0 Å². The molecule has 12 N–H and O–H groups in total. The molecular formula is C85H159NO18. The third-order valence-corrected chi connectivity index (χ3v) is 21.7. The van der Waals surface area contributed by atoms with Crippen molar-refractivity contribution >= 4 is 5.91 Å². The van der Waals surface area contributed by atoms with Crippen LogP contribution in [0.3, 0.4) is 0 Å². The molecule has 0 aliphatic carbocycles. The number of unbranched alkanes of at least 4 members (excludes halogenated alkanes) is 50. The molecule has 0 spiro atoms. The standard InChI is InChI=1S/C85H159NO18/c1-3-5-7-9-11-13-15-17-19-21-23-25-27-29-31-33-35-36-38-40-42-44-46-48-50-52-54-56-58-60-62-69(90)68(86-73(91)63-61-59-57-55-53-51-49-47-45-43-41-39-37-34-32-30-28-26-24-22-20-18-16-14-12-10-8-6-4-2)67-99-83-79(97)76(94)81(71(65-88)101-83)104-85-80(98)77(95)82(72(66-89)102-85)103-84-78(96)75(93)74(92)70(64-87)100-84/h22,24,52,54,60,62,68-72,74-85,87-90,92-98H,3-21,23,25-51,53,55-59,61,63-67H2,1-2H3,(H,86,91)/b24-22-,54-52+,62-60+. The first-order valence-corrected chi connectivity index (χ1v) is 43.2. The molecule has 19 heteroatoms. The minimum Gasteiger partial charge on any atom is -0.394 e. The van der Waals surface area contributed by atoms with Gasteiger partial charge in [0, 0.05) is 6.42 Å². The van der Waals surface area contributed by atoms with Crippen LogP contribution < -0.4 is 5.32 Å². The number of aliphatic hydroxyl groups excluding tert-OH is 11. The molecule has 3 heterocycles. The van der Waals surface area contributed by atoms with Crippen molar-refractivity contribution in [2.75, 3.05) is 26.4 Å². The van der Waals surface area contributed by atoms with Crippen LogP contribution in [-0.2, 0) is 33.2 Å². The van der Waals surface area contributed by atoms with Gasteiger partial charge in [-0.05, 0) is 57.8 Å². The fraction of sp³-hybridized carbons (Fsp3) is 0.918. The molecule has 0 aromatic heterocycles. The molecule has 3 aliphatic rings. The Labute approximate surface area is 631 Å². The van der Waals surface area contributed by atoms with Gasteiger partial charge in [0.15, 0.2) is 18.9 Å². The zero-order chi connectivity index (χ0) is 75.3. The van der Waals surface area contributed by atoms with Crippen LogP contribution in [0.2, 0.25) is 0 Å². The number of allylic oxidation sites excluding steroid dienone is 5. The fourth-order valence-electron chi connectivity index (χ4n) is 14.7.